The molecule has 3 rings (SSSR count). The van der Waals surface area contributed by atoms with Gasteiger partial charge >= 0.3 is 6.09 Å². The van der Waals surface area contributed by atoms with E-state index >= 15 is 0 Å². The minimum atomic E-state index is -0.465. The highest BCUT2D eigenvalue weighted by Crippen LogP contribution is 2.38. The average Bonchev–Trinajstić information content (AvgIpc) is 3.06. The highest BCUT2D eigenvalue weighted by atomic mass is 16.6. The molecule has 27 heavy (non-hydrogen) atoms. The summed E-state index contributed by atoms with van der Waals surface area (Å²) in [6.07, 6.45) is 0.406. The molecule has 0 saturated carbocycles. The van der Waals surface area contributed by atoms with Gasteiger partial charge in [0.05, 0.1) is 26.0 Å². The lowest BCUT2D eigenvalue weighted by molar-refractivity contribution is 0.0769. The highest BCUT2D eigenvalue weighted by molar-refractivity contribution is 5.67. The van der Waals surface area contributed by atoms with Gasteiger partial charge in [0.2, 0.25) is 0 Å². The lowest BCUT2D eigenvalue weighted by atomic mass is 9.88. The van der Waals surface area contributed by atoms with Crippen molar-refractivity contribution in [2.75, 3.05) is 13.7 Å². The molecule has 2 aromatic rings. The summed E-state index contributed by atoms with van der Waals surface area (Å²) < 4.78 is 12.5. The van der Waals surface area contributed by atoms with Gasteiger partial charge < -0.3 is 19.9 Å². The monoisotopic (exact) mass is 374 g/mol. The Labute approximate surface area is 158 Å². The van der Waals surface area contributed by atoms with Crippen molar-refractivity contribution in [3.63, 3.8) is 0 Å². The van der Waals surface area contributed by atoms with Gasteiger partial charge in [-0.1, -0.05) is 17.3 Å². The number of rotatable bonds is 6. The topological polar surface area (TPSA) is 98.5 Å². The van der Waals surface area contributed by atoms with Gasteiger partial charge in [0.25, 0.3) is 0 Å². The third kappa shape index (κ3) is 4.39. The number of nitrogens with zero attached hydrogens (tertiary/aromatic N) is 3. The van der Waals surface area contributed by atoms with E-state index in [2.05, 4.69) is 15.6 Å². The van der Waals surface area contributed by atoms with Gasteiger partial charge in [0, 0.05) is 12.0 Å². The molecule has 1 aliphatic rings. The van der Waals surface area contributed by atoms with Crippen LogP contribution in [-0.4, -0.2) is 46.0 Å². The Kier molecular flexibility index (Phi) is 5.95. The van der Waals surface area contributed by atoms with Gasteiger partial charge in [0.15, 0.2) is 0 Å². The molecule has 8 heteroatoms. The molecule has 146 valence electrons. The summed E-state index contributed by atoms with van der Waals surface area (Å²) >= 11 is 0. The molecule has 0 radical (unpaired) electrons. The summed E-state index contributed by atoms with van der Waals surface area (Å²) in [5.41, 5.74) is 2.51. The first-order chi connectivity index (χ1) is 13.0. The first-order valence-corrected chi connectivity index (χ1v) is 9.16. The van der Waals surface area contributed by atoms with E-state index in [-0.39, 0.29) is 18.6 Å². The van der Waals surface area contributed by atoms with Crippen LogP contribution in [0.5, 0.6) is 5.75 Å². The summed E-state index contributed by atoms with van der Waals surface area (Å²) in [6, 6.07) is 7.72. The van der Waals surface area contributed by atoms with Crippen molar-refractivity contribution in [2.45, 2.75) is 51.3 Å². The van der Waals surface area contributed by atoms with E-state index in [0.717, 1.165) is 17.0 Å². The molecule has 0 fully saturated rings. The number of amides is 1. The van der Waals surface area contributed by atoms with Gasteiger partial charge in [-0.15, -0.1) is 5.10 Å². The lowest BCUT2D eigenvalue weighted by Crippen LogP contribution is -2.33. The molecule has 1 amide bonds. The number of alkyl carbamates (subject to hydrolysis) is 1. The van der Waals surface area contributed by atoms with Crippen molar-refractivity contribution >= 4 is 6.09 Å². The number of aliphatic hydroxyl groups excluding tert-OH is 1. The minimum Gasteiger partial charge on any atom is -0.497 e. The minimum absolute atomic E-state index is 0.00324. The Bertz CT molecular complexity index is 773. The maximum atomic E-state index is 12.0. The van der Waals surface area contributed by atoms with Gasteiger partial charge in [-0.3, -0.25) is 0 Å². The largest absolute Gasteiger partial charge is 0.497 e. The molecule has 1 heterocycles. The Morgan fingerprint density at radius 3 is 2.70 bits per heavy atom. The number of aliphatic hydroxyl groups is 1. The number of aromatic nitrogens is 3. The number of fused-ring (bicyclic) bond motifs is 1. The van der Waals surface area contributed by atoms with Crippen LogP contribution < -0.4 is 10.1 Å². The second-order valence-corrected chi connectivity index (χ2v) is 7.02. The zero-order valence-corrected chi connectivity index (χ0v) is 15.9. The molecule has 2 N–H and O–H groups in total. The van der Waals surface area contributed by atoms with Gasteiger partial charge in [0.1, 0.15) is 17.5 Å². The standard InChI is InChI=1S/C19H26N4O4/c1-12(2)20-19(25)27-16-9-6-14(11-24)18-17(16)21-22-23(18)10-13-4-7-15(26-3)8-5-13/h4-5,7-8,12,14,16,24H,6,9-11H2,1-3H3,(H,20,25). The molecule has 0 spiro atoms. The number of hydrogen-bond acceptors (Lipinski definition) is 6. The van der Waals surface area contributed by atoms with Gasteiger partial charge in [-0.25, -0.2) is 9.48 Å². The van der Waals surface area contributed by atoms with E-state index in [1.54, 1.807) is 11.8 Å². The number of nitrogens with one attached hydrogen (secondary N) is 1. The molecule has 2 atom stereocenters. The zero-order valence-electron chi connectivity index (χ0n) is 15.9. The Hall–Kier alpha value is -2.61. The number of carbonyl (C=O) groups excluding carboxylic acids is 1. The van der Waals surface area contributed by atoms with E-state index in [9.17, 15) is 9.90 Å². The average molecular weight is 374 g/mol. The van der Waals surface area contributed by atoms with Crippen molar-refractivity contribution in [1.82, 2.24) is 20.3 Å². The summed E-state index contributed by atoms with van der Waals surface area (Å²) in [4.78, 5) is 12.0. The summed E-state index contributed by atoms with van der Waals surface area (Å²) in [5, 5.41) is 21.1. The molecule has 1 aromatic heterocycles. The molecular formula is C19H26N4O4. The van der Waals surface area contributed by atoms with E-state index in [4.69, 9.17) is 9.47 Å². The zero-order chi connectivity index (χ0) is 19.4. The van der Waals surface area contributed by atoms with Crippen molar-refractivity contribution in [3.8, 4) is 5.75 Å². The second-order valence-electron chi connectivity index (χ2n) is 7.02. The Morgan fingerprint density at radius 2 is 2.07 bits per heavy atom. The van der Waals surface area contributed by atoms with E-state index in [1.165, 1.54) is 0 Å². The summed E-state index contributed by atoms with van der Waals surface area (Å²) in [7, 11) is 1.63. The molecule has 2 unspecified atom stereocenters. The van der Waals surface area contributed by atoms with Crippen LogP contribution in [0.3, 0.4) is 0 Å². The van der Waals surface area contributed by atoms with Crippen LogP contribution in [0.2, 0.25) is 0 Å². The first-order valence-electron chi connectivity index (χ1n) is 9.16. The highest BCUT2D eigenvalue weighted by Gasteiger charge is 2.34. The lowest BCUT2D eigenvalue weighted by Gasteiger charge is -2.27. The fourth-order valence-electron chi connectivity index (χ4n) is 3.32. The second kappa shape index (κ2) is 8.39. The predicted octanol–water partition coefficient (Wildman–Crippen LogP) is 2.38. The van der Waals surface area contributed by atoms with Crippen LogP contribution in [0, 0.1) is 0 Å². The van der Waals surface area contributed by atoms with Crippen LogP contribution in [0.25, 0.3) is 0 Å². The third-order valence-electron chi connectivity index (χ3n) is 4.64. The van der Waals surface area contributed by atoms with Gasteiger partial charge in [-0.2, -0.15) is 0 Å². The van der Waals surface area contributed by atoms with Gasteiger partial charge in [-0.05, 0) is 44.4 Å². The van der Waals surface area contributed by atoms with Crippen LogP contribution >= 0.6 is 0 Å². The normalized spacial score (nSPS) is 18.9. The number of methoxy groups -OCH3 is 1. The molecule has 0 bridgehead atoms. The van der Waals surface area contributed by atoms with Crippen molar-refractivity contribution < 1.29 is 19.4 Å². The van der Waals surface area contributed by atoms with Crippen LogP contribution in [-0.2, 0) is 11.3 Å². The number of carbonyl (C=O) groups is 1. The smallest absolute Gasteiger partial charge is 0.408 e. The predicted molar refractivity (Wildman–Crippen MR) is 98.7 cm³/mol. The van der Waals surface area contributed by atoms with Crippen molar-refractivity contribution in [3.05, 3.63) is 41.2 Å². The van der Waals surface area contributed by atoms with Crippen LogP contribution in [0.1, 0.15) is 55.7 Å². The van der Waals surface area contributed by atoms with E-state index in [1.807, 2.05) is 38.1 Å². The summed E-state index contributed by atoms with van der Waals surface area (Å²) in [5.74, 6) is 0.721. The van der Waals surface area contributed by atoms with Crippen LogP contribution in [0.15, 0.2) is 24.3 Å². The Balaban J connectivity index is 1.82. The number of benzene rings is 1. The molecule has 0 aliphatic heterocycles. The first kappa shape index (κ1) is 19.2. The van der Waals surface area contributed by atoms with Crippen molar-refractivity contribution in [1.29, 1.82) is 0 Å². The number of hydrogen-bond donors (Lipinski definition) is 2. The van der Waals surface area contributed by atoms with E-state index < -0.39 is 12.2 Å². The molecule has 1 aliphatic carbocycles. The fourth-order valence-corrected chi connectivity index (χ4v) is 3.32. The molecule has 0 saturated heterocycles. The van der Waals surface area contributed by atoms with Crippen molar-refractivity contribution in [2.24, 2.45) is 0 Å². The number of ether oxygens (including phenoxy) is 2. The van der Waals surface area contributed by atoms with Crippen LogP contribution in [0.4, 0.5) is 4.79 Å². The maximum absolute atomic E-state index is 12.0. The quantitative estimate of drug-likeness (QED) is 0.805. The molecular weight excluding hydrogens is 348 g/mol. The molecule has 8 nitrogen and oxygen atoms in total. The molecule has 1 aromatic carbocycles. The SMILES string of the molecule is COc1ccc(Cn2nnc3c2C(CO)CCC3OC(=O)NC(C)C)cc1. The van der Waals surface area contributed by atoms with E-state index in [0.29, 0.717) is 25.1 Å². The maximum Gasteiger partial charge on any atom is 0.408 e. The fraction of sp³-hybridized carbons (Fsp3) is 0.526. The Morgan fingerprint density at radius 1 is 1.33 bits per heavy atom. The third-order valence-corrected chi connectivity index (χ3v) is 4.64. The summed E-state index contributed by atoms with van der Waals surface area (Å²) in [6.45, 7) is 4.28.